The van der Waals surface area contributed by atoms with Crippen LogP contribution in [0.15, 0.2) is 6.07 Å². The van der Waals surface area contributed by atoms with Crippen LogP contribution in [0.1, 0.15) is 47.7 Å². The molecule has 1 saturated heterocycles. The average Bonchev–Trinajstić information content (AvgIpc) is 3.24. The third kappa shape index (κ3) is 4.22. The Hall–Kier alpha value is -1.99. The molecule has 0 amide bonds. The van der Waals surface area contributed by atoms with Crippen LogP contribution < -0.4 is 5.32 Å². The monoisotopic (exact) mass is 359 g/mol. The maximum absolute atomic E-state index is 5.50. The van der Waals surface area contributed by atoms with Crippen LogP contribution in [0.2, 0.25) is 0 Å². The van der Waals surface area contributed by atoms with Gasteiger partial charge in [0.25, 0.3) is 0 Å². The van der Waals surface area contributed by atoms with E-state index in [0.29, 0.717) is 18.3 Å². The highest BCUT2D eigenvalue weighted by Gasteiger charge is 2.20. The molecule has 1 aliphatic rings. The van der Waals surface area contributed by atoms with Gasteiger partial charge in [-0.2, -0.15) is 5.10 Å². The maximum atomic E-state index is 5.50. The highest BCUT2D eigenvalue weighted by atomic mass is 16.5. The molecule has 0 bridgehead atoms. The summed E-state index contributed by atoms with van der Waals surface area (Å²) in [7, 11) is 1.66. The van der Waals surface area contributed by atoms with Crippen molar-refractivity contribution < 1.29 is 9.47 Å². The van der Waals surface area contributed by atoms with Crippen molar-refractivity contribution in [1.29, 1.82) is 0 Å². The molecule has 1 aliphatic heterocycles. The van der Waals surface area contributed by atoms with E-state index >= 15 is 0 Å². The molecule has 7 nitrogen and oxygen atoms in total. The predicted molar refractivity (Wildman–Crippen MR) is 100 cm³/mol. The van der Waals surface area contributed by atoms with Gasteiger partial charge in [-0.25, -0.2) is 9.97 Å². The summed E-state index contributed by atoms with van der Waals surface area (Å²) in [5.41, 5.74) is 4.75. The van der Waals surface area contributed by atoms with Crippen LogP contribution in [0.4, 0.5) is 5.82 Å². The summed E-state index contributed by atoms with van der Waals surface area (Å²) in [6, 6.07) is 2.04. The van der Waals surface area contributed by atoms with Crippen molar-refractivity contribution in [2.24, 2.45) is 0 Å². The molecule has 1 N–H and O–H groups in total. The van der Waals surface area contributed by atoms with Crippen LogP contribution in [0, 0.1) is 13.8 Å². The molecule has 26 heavy (non-hydrogen) atoms. The molecule has 0 unspecified atom stereocenters. The lowest BCUT2D eigenvalue weighted by molar-refractivity contribution is 0.177. The second kappa shape index (κ2) is 8.60. The molecule has 2 aromatic heterocycles. The van der Waals surface area contributed by atoms with Gasteiger partial charge in [-0.1, -0.05) is 6.92 Å². The van der Waals surface area contributed by atoms with Crippen LogP contribution >= 0.6 is 0 Å². The first-order chi connectivity index (χ1) is 12.6. The normalized spacial score (nSPS) is 17.0. The quantitative estimate of drug-likeness (QED) is 0.781. The first-order valence-electron chi connectivity index (χ1n) is 9.33. The lowest BCUT2D eigenvalue weighted by Gasteiger charge is -2.13. The zero-order valence-electron chi connectivity index (χ0n) is 16.2. The van der Waals surface area contributed by atoms with Crippen LogP contribution in [0.25, 0.3) is 0 Å². The van der Waals surface area contributed by atoms with Crippen molar-refractivity contribution in [2.45, 2.75) is 52.7 Å². The predicted octanol–water partition coefficient (Wildman–Crippen LogP) is 2.61. The lowest BCUT2D eigenvalue weighted by atomic mass is 10.0. The van der Waals surface area contributed by atoms with Gasteiger partial charge in [-0.3, -0.25) is 4.68 Å². The molecule has 1 atom stereocenters. The number of hydrogen-bond acceptors (Lipinski definition) is 6. The minimum Gasteiger partial charge on any atom is -0.381 e. The summed E-state index contributed by atoms with van der Waals surface area (Å²) >= 11 is 0. The molecular weight excluding hydrogens is 330 g/mol. The van der Waals surface area contributed by atoms with Gasteiger partial charge in [0, 0.05) is 37.9 Å². The molecule has 0 aromatic carbocycles. The maximum Gasteiger partial charge on any atom is 0.156 e. The number of nitrogens with zero attached hydrogens (tertiary/aromatic N) is 4. The summed E-state index contributed by atoms with van der Waals surface area (Å²) in [5, 5.41) is 8.07. The highest BCUT2D eigenvalue weighted by Crippen LogP contribution is 2.25. The fourth-order valence-electron chi connectivity index (χ4n) is 3.53. The summed E-state index contributed by atoms with van der Waals surface area (Å²) in [6.45, 7) is 9.89. The van der Waals surface area contributed by atoms with Crippen LogP contribution in [0.3, 0.4) is 0 Å². The van der Waals surface area contributed by atoms with Crippen molar-refractivity contribution in [3.05, 3.63) is 34.5 Å². The molecule has 3 heterocycles. The van der Waals surface area contributed by atoms with Crippen LogP contribution in [0.5, 0.6) is 0 Å². The van der Waals surface area contributed by atoms with Crippen LogP contribution in [-0.4, -0.2) is 46.6 Å². The van der Waals surface area contributed by atoms with Gasteiger partial charge in [0.1, 0.15) is 12.4 Å². The standard InChI is InChI=1S/C19H29N5O2/c1-5-16-13(2)23-24(14(16)3)8-7-20-18-10-17(15-6-9-26-11-15)21-19(22-18)12-25-4/h10,15H,5-9,11-12H2,1-4H3,(H,20,21,22)/t15-/m1/s1. The lowest BCUT2D eigenvalue weighted by Crippen LogP contribution is -2.15. The summed E-state index contributed by atoms with van der Waals surface area (Å²) in [4.78, 5) is 9.21. The van der Waals surface area contributed by atoms with Crippen LogP contribution in [-0.2, 0) is 29.0 Å². The number of ether oxygens (including phenoxy) is 2. The number of methoxy groups -OCH3 is 1. The molecule has 0 spiro atoms. The van der Waals surface area contributed by atoms with Gasteiger partial charge in [-0.15, -0.1) is 0 Å². The number of hydrogen-bond donors (Lipinski definition) is 1. The van der Waals surface area contributed by atoms with Gasteiger partial charge >= 0.3 is 0 Å². The summed E-state index contributed by atoms with van der Waals surface area (Å²) < 4.78 is 12.8. The Bertz CT molecular complexity index is 738. The Balaban J connectivity index is 1.68. The zero-order chi connectivity index (χ0) is 18.5. The van der Waals surface area contributed by atoms with Crippen molar-refractivity contribution >= 4 is 5.82 Å². The van der Waals surface area contributed by atoms with E-state index in [1.807, 2.05) is 6.07 Å². The first kappa shape index (κ1) is 18.8. The molecule has 1 fully saturated rings. The Morgan fingerprint density at radius 1 is 1.35 bits per heavy atom. The molecule has 2 aromatic rings. The number of anilines is 1. The number of nitrogens with one attached hydrogen (secondary N) is 1. The smallest absolute Gasteiger partial charge is 0.156 e. The Kier molecular flexibility index (Phi) is 6.21. The van der Waals surface area contributed by atoms with Gasteiger partial charge < -0.3 is 14.8 Å². The Labute approximate surface area is 155 Å². The number of rotatable bonds is 8. The van der Waals surface area contributed by atoms with Crippen molar-refractivity contribution in [2.75, 3.05) is 32.2 Å². The van der Waals surface area contributed by atoms with E-state index in [9.17, 15) is 0 Å². The Morgan fingerprint density at radius 2 is 2.19 bits per heavy atom. The van der Waals surface area contributed by atoms with E-state index in [1.54, 1.807) is 7.11 Å². The van der Waals surface area contributed by atoms with Crippen molar-refractivity contribution in [1.82, 2.24) is 19.7 Å². The SMILES string of the molecule is CCc1c(C)nn(CCNc2cc([C@@H]3CCOC3)nc(COC)n2)c1C. The van der Waals surface area contributed by atoms with Gasteiger partial charge in [-0.05, 0) is 32.3 Å². The average molecular weight is 359 g/mol. The van der Waals surface area contributed by atoms with Gasteiger partial charge in [0.15, 0.2) is 5.82 Å². The summed E-state index contributed by atoms with van der Waals surface area (Å²) in [5.74, 6) is 1.89. The zero-order valence-corrected chi connectivity index (χ0v) is 16.2. The largest absolute Gasteiger partial charge is 0.381 e. The highest BCUT2D eigenvalue weighted by molar-refractivity contribution is 5.37. The third-order valence-corrected chi connectivity index (χ3v) is 4.93. The van der Waals surface area contributed by atoms with Crippen molar-refractivity contribution in [3.63, 3.8) is 0 Å². The molecule has 0 radical (unpaired) electrons. The Morgan fingerprint density at radius 3 is 2.85 bits per heavy atom. The fraction of sp³-hybridized carbons (Fsp3) is 0.632. The van der Waals surface area contributed by atoms with Gasteiger partial charge in [0.2, 0.25) is 0 Å². The van der Waals surface area contributed by atoms with Crippen molar-refractivity contribution in [3.8, 4) is 0 Å². The number of aromatic nitrogens is 4. The molecule has 3 rings (SSSR count). The number of aryl methyl sites for hydroxylation is 1. The van der Waals surface area contributed by atoms with E-state index < -0.39 is 0 Å². The van der Waals surface area contributed by atoms with E-state index in [4.69, 9.17) is 9.47 Å². The topological polar surface area (TPSA) is 74.1 Å². The van der Waals surface area contributed by atoms with E-state index in [-0.39, 0.29) is 0 Å². The molecule has 7 heteroatoms. The van der Waals surface area contributed by atoms with Gasteiger partial charge in [0.05, 0.1) is 24.5 Å². The minimum absolute atomic E-state index is 0.345. The molecule has 0 saturated carbocycles. The first-order valence-corrected chi connectivity index (χ1v) is 9.33. The minimum atomic E-state index is 0.345. The summed E-state index contributed by atoms with van der Waals surface area (Å²) in [6.07, 6.45) is 2.03. The second-order valence-electron chi connectivity index (χ2n) is 6.74. The van der Waals surface area contributed by atoms with E-state index in [1.165, 1.54) is 11.3 Å². The van der Waals surface area contributed by atoms with E-state index in [2.05, 4.69) is 45.8 Å². The fourth-order valence-corrected chi connectivity index (χ4v) is 3.53. The third-order valence-electron chi connectivity index (χ3n) is 4.93. The molecular formula is C19H29N5O2. The van der Waals surface area contributed by atoms with E-state index in [0.717, 1.165) is 56.4 Å². The molecule has 142 valence electrons. The molecule has 0 aliphatic carbocycles. The second-order valence-corrected chi connectivity index (χ2v) is 6.74.